The Kier molecular flexibility index (Phi) is 3.11. The topological polar surface area (TPSA) is 46.2 Å². The van der Waals surface area contributed by atoms with E-state index in [4.69, 9.17) is 0 Å². The quantitative estimate of drug-likeness (QED) is 0.727. The highest BCUT2D eigenvalue weighted by molar-refractivity contribution is 9.47. The molecule has 62 valence electrons. The van der Waals surface area contributed by atoms with Crippen LogP contribution in [0.2, 0.25) is 0 Å². The lowest BCUT2D eigenvalue weighted by Crippen LogP contribution is -2.30. The normalized spacial score (nSPS) is 13.6. The van der Waals surface area contributed by atoms with E-state index in [2.05, 4.69) is 0 Å². The molecule has 0 atom stereocenters. The number of alkyl halides is 3. The number of hydrogen-bond donors (Lipinski definition) is 1. The summed E-state index contributed by atoms with van der Waals surface area (Å²) in [5.41, 5.74) is 0. The van der Waals surface area contributed by atoms with E-state index in [-0.39, 0.29) is 0 Å². The Bertz CT molecular complexity index is 197. The monoisotopic (exact) mass is 241 g/mol. The molecule has 0 aromatic carbocycles. The zero-order valence-electron chi connectivity index (χ0n) is 4.44. The molecule has 0 aromatic heterocycles. The van der Waals surface area contributed by atoms with Gasteiger partial charge in [0.1, 0.15) is 6.54 Å². The lowest BCUT2D eigenvalue weighted by Gasteiger charge is -2.03. The van der Waals surface area contributed by atoms with E-state index in [0.717, 1.165) is 0 Å². The first kappa shape index (κ1) is 10.2. The fourth-order valence-corrected chi connectivity index (χ4v) is 0.847. The standard InChI is InChI=1S/C2H3BrF3NO2S/c3-10(8,9)7-1-2(4,5)6/h7H,1H2. The largest absolute Gasteiger partial charge is 0.402 e. The lowest BCUT2D eigenvalue weighted by atomic mass is 10.7. The molecule has 10 heavy (non-hydrogen) atoms. The van der Waals surface area contributed by atoms with Crippen LogP contribution in [-0.4, -0.2) is 21.1 Å². The van der Waals surface area contributed by atoms with E-state index >= 15 is 0 Å². The van der Waals surface area contributed by atoms with Gasteiger partial charge in [-0.3, -0.25) is 0 Å². The van der Waals surface area contributed by atoms with Crippen LogP contribution in [-0.2, 0) is 8.46 Å². The highest BCUT2D eigenvalue weighted by Crippen LogP contribution is 2.13. The van der Waals surface area contributed by atoms with Crippen molar-refractivity contribution in [3.8, 4) is 0 Å². The minimum absolute atomic E-state index is 1.23. The van der Waals surface area contributed by atoms with Crippen LogP contribution in [0.1, 0.15) is 0 Å². The van der Waals surface area contributed by atoms with Crippen LogP contribution in [0.25, 0.3) is 0 Å². The van der Waals surface area contributed by atoms with Gasteiger partial charge in [0.05, 0.1) is 14.8 Å². The molecule has 0 spiro atoms. The minimum Gasteiger partial charge on any atom is -0.200 e. The zero-order chi connectivity index (χ0) is 8.41. The summed E-state index contributed by atoms with van der Waals surface area (Å²) in [5, 5.41) is 0. The van der Waals surface area contributed by atoms with Gasteiger partial charge >= 0.3 is 6.18 Å². The van der Waals surface area contributed by atoms with Crippen molar-refractivity contribution in [3.63, 3.8) is 0 Å². The van der Waals surface area contributed by atoms with Gasteiger partial charge in [0, 0.05) is 0 Å². The molecular weight excluding hydrogens is 239 g/mol. The molecule has 0 aliphatic heterocycles. The van der Waals surface area contributed by atoms with Crippen LogP contribution < -0.4 is 4.72 Å². The third-order valence-corrected chi connectivity index (χ3v) is 1.62. The third kappa shape index (κ3) is 8.18. The van der Waals surface area contributed by atoms with Gasteiger partial charge < -0.3 is 0 Å². The summed E-state index contributed by atoms with van der Waals surface area (Å²) in [6.45, 7) is -1.55. The maximum absolute atomic E-state index is 11.2. The average molecular weight is 242 g/mol. The predicted molar refractivity (Wildman–Crippen MR) is 31.9 cm³/mol. The second-order valence-corrected chi connectivity index (χ2v) is 5.10. The molecular formula is C2H3BrF3NO2S. The molecule has 0 aromatic rings. The minimum atomic E-state index is -4.51. The molecule has 0 saturated carbocycles. The van der Waals surface area contributed by atoms with Crippen molar-refractivity contribution in [1.29, 1.82) is 0 Å². The molecule has 3 nitrogen and oxygen atoms in total. The van der Waals surface area contributed by atoms with Crippen molar-refractivity contribution in [2.75, 3.05) is 6.54 Å². The first-order valence-corrected chi connectivity index (χ1v) is 5.29. The van der Waals surface area contributed by atoms with Crippen molar-refractivity contribution in [1.82, 2.24) is 4.72 Å². The van der Waals surface area contributed by atoms with Gasteiger partial charge in [-0.05, 0) is 0 Å². The highest BCUT2D eigenvalue weighted by atomic mass is 79.9. The maximum Gasteiger partial charge on any atom is 0.402 e. The molecule has 0 radical (unpaired) electrons. The summed E-state index contributed by atoms with van der Waals surface area (Å²) in [6.07, 6.45) is -4.51. The van der Waals surface area contributed by atoms with Crippen LogP contribution >= 0.6 is 14.8 Å². The summed E-state index contributed by atoms with van der Waals surface area (Å²) < 4.78 is 54.9. The van der Waals surface area contributed by atoms with E-state index in [1.54, 1.807) is 0 Å². The Morgan fingerprint density at radius 3 is 1.90 bits per heavy atom. The molecule has 0 heterocycles. The Labute approximate surface area is 62.9 Å². The SMILES string of the molecule is O=S(=O)(Br)NCC(F)(F)F. The smallest absolute Gasteiger partial charge is 0.200 e. The Morgan fingerprint density at radius 2 is 1.80 bits per heavy atom. The van der Waals surface area contributed by atoms with Gasteiger partial charge in [0.15, 0.2) is 0 Å². The molecule has 1 N–H and O–H groups in total. The second kappa shape index (κ2) is 3.05. The van der Waals surface area contributed by atoms with Crippen molar-refractivity contribution >= 4 is 23.3 Å². The van der Waals surface area contributed by atoms with Gasteiger partial charge in [-0.2, -0.15) is 17.9 Å². The summed E-state index contributed by atoms with van der Waals surface area (Å²) in [7, 11) is -3.91. The van der Waals surface area contributed by atoms with E-state index in [0.29, 0.717) is 0 Å². The van der Waals surface area contributed by atoms with Gasteiger partial charge in [-0.15, -0.1) is 0 Å². The molecule has 0 aliphatic rings. The van der Waals surface area contributed by atoms with Crippen LogP contribution in [0.3, 0.4) is 0 Å². The number of halogens is 4. The molecule has 0 fully saturated rings. The Balaban J connectivity index is 3.79. The highest BCUT2D eigenvalue weighted by Gasteiger charge is 2.28. The maximum atomic E-state index is 11.2. The van der Waals surface area contributed by atoms with Gasteiger partial charge in [-0.1, -0.05) is 0 Å². The van der Waals surface area contributed by atoms with Gasteiger partial charge in [-0.25, -0.2) is 8.42 Å². The van der Waals surface area contributed by atoms with Crippen molar-refractivity contribution in [2.45, 2.75) is 6.18 Å². The third-order valence-electron chi connectivity index (χ3n) is 0.445. The van der Waals surface area contributed by atoms with Crippen LogP contribution in [0.5, 0.6) is 0 Å². The first-order valence-electron chi connectivity index (χ1n) is 1.97. The fourth-order valence-electron chi connectivity index (χ4n) is 0.168. The zero-order valence-corrected chi connectivity index (χ0v) is 6.85. The molecule has 0 amide bonds. The number of rotatable bonds is 2. The molecule has 8 heteroatoms. The Morgan fingerprint density at radius 1 is 1.40 bits per heavy atom. The second-order valence-electron chi connectivity index (χ2n) is 1.37. The van der Waals surface area contributed by atoms with E-state index in [1.165, 1.54) is 4.72 Å². The van der Waals surface area contributed by atoms with Crippen LogP contribution in [0.15, 0.2) is 0 Å². The van der Waals surface area contributed by atoms with E-state index in [1.807, 2.05) is 14.8 Å². The summed E-state index contributed by atoms with van der Waals surface area (Å²) in [6, 6.07) is 0. The first-order chi connectivity index (χ1) is 4.21. The molecule has 0 unspecified atom stereocenters. The van der Waals surface area contributed by atoms with Gasteiger partial charge in [0.25, 0.3) is 8.46 Å². The molecule has 0 bridgehead atoms. The van der Waals surface area contributed by atoms with Gasteiger partial charge in [0.2, 0.25) is 0 Å². The fraction of sp³-hybridized carbons (Fsp3) is 1.00. The molecule has 0 rings (SSSR count). The Hall–Kier alpha value is 0.180. The van der Waals surface area contributed by atoms with Crippen molar-refractivity contribution in [2.24, 2.45) is 0 Å². The number of nitrogens with one attached hydrogen (secondary N) is 1. The molecule has 0 saturated heterocycles. The van der Waals surface area contributed by atoms with Crippen molar-refractivity contribution < 1.29 is 21.6 Å². The van der Waals surface area contributed by atoms with E-state index in [9.17, 15) is 21.6 Å². The van der Waals surface area contributed by atoms with Crippen molar-refractivity contribution in [3.05, 3.63) is 0 Å². The summed E-state index contributed by atoms with van der Waals surface area (Å²) >= 11 is 1.99. The number of hydrogen-bond acceptors (Lipinski definition) is 2. The predicted octanol–water partition coefficient (Wildman–Crippen LogP) is 0.778. The molecule has 0 aliphatic carbocycles. The summed E-state index contributed by atoms with van der Waals surface area (Å²) in [4.78, 5) is 0. The van der Waals surface area contributed by atoms with Crippen LogP contribution in [0.4, 0.5) is 13.2 Å². The van der Waals surface area contributed by atoms with Crippen LogP contribution in [0, 0.1) is 0 Å². The summed E-state index contributed by atoms with van der Waals surface area (Å²) in [5.74, 6) is 0. The lowest BCUT2D eigenvalue weighted by molar-refractivity contribution is -0.121. The van der Waals surface area contributed by atoms with E-state index < -0.39 is 21.2 Å². The average Bonchev–Trinajstić information content (AvgIpc) is 1.57.